The first-order chi connectivity index (χ1) is 15.5. The maximum Gasteiger partial charge on any atom is 0.270 e. The Labute approximate surface area is 181 Å². The molecular formula is C25H17FN2O4. The number of nitrogens with one attached hydrogen (secondary N) is 1. The molecule has 0 unspecified atom stereocenters. The summed E-state index contributed by atoms with van der Waals surface area (Å²) in [7, 11) is 0. The Balaban J connectivity index is 1.74. The minimum atomic E-state index is -0.759. The Morgan fingerprint density at radius 1 is 0.938 bits per heavy atom. The number of aldehydes is 1. The molecule has 1 heterocycles. The summed E-state index contributed by atoms with van der Waals surface area (Å²) in [5.74, 6) is -1.66. The van der Waals surface area contributed by atoms with Crippen molar-refractivity contribution in [3.8, 4) is 0 Å². The number of carbonyl (C=O) groups is 3. The average Bonchev–Trinajstić information content (AvgIpc) is 2.83. The highest BCUT2D eigenvalue weighted by Gasteiger charge is 2.20. The van der Waals surface area contributed by atoms with E-state index >= 15 is 0 Å². The molecule has 0 spiro atoms. The summed E-state index contributed by atoms with van der Waals surface area (Å²) in [4.78, 5) is 50.0. The van der Waals surface area contributed by atoms with Gasteiger partial charge in [0.1, 0.15) is 17.7 Å². The number of para-hydroxylation sites is 1. The monoisotopic (exact) mass is 428 g/mol. The molecule has 0 aliphatic carbocycles. The van der Waals surface area contributed by atoms with E-state index < -0.39 is 23.2 Å². The first kappa shape index (κ1) is 20.9. The number of nitrogens with zero attached hydrogens (tertiary/aromatic N) is 1. The predicted molar refractivity (Wildman–Crippen MR) is 117 cm³/mol. The van der Waals surface area contributed by atoms with E-state index in [0.717, 1.165) is 4.57 Å². The van der Waals surface area contributed by atoms with Crippen LogP contribution in [0.3, 0.4) is 0 Å². The fraction of sp³-hybridized carbons (Fsp3) is 0.0400. The van der Waals surface area contributed by atoms with Crippen molar-refractivity contribution in [2.45, 2.75) is 6.54 Å². The number of benzene rings is 3. The molecule has 1 aromatic heterocycles. The van der Waals surface area contributed by atoms with Crippen molar-refractivity contribution < 1.29 is 18.8 Å². The summed E-state index contributed by atoms with van der Waals surface area (Å²) >= 11 is 0. The van der Waals surface area contributed by atoms with Crippen LogP contribution in [0.25, 0.3) is 10.9 Å². The number of hydrogen-bond donors (Lipinski definition) is 1. The van der Waals surface area contributed by atoms with E-state index in [1.807, 2.05) is 0 Å². The van der Waals surface area contributed by atoms with E-state index in [9.17, 15) is 23.6 Å². The van der Waals surface area contributed by atoms with Crippen LogP contribution in [0.15, 0.2) is 83.7 Å². The third-order valence-corrected chi connectivity index (χ3v) is 5.02. The van der Waals surface area contributed by atoms with Crippen molar-refractivity contribution in [2.24, 2.45) is 0 Å². The zero-order valence-electron chi connectivity index (χ0n) is 16.7. The highest BCUT2D eigenvalue weighted by atomic mass is 19.1. The summed E-state index contributed by atoms with van der Waals surface area (Å²) in [6.07, 6.45) is 0.655. The maximum atomic E-state index is 13.2. The molecule has 6 nitrogen and oxygen atoms in total. The Kier molecular flexibility index (Phi) is 5.72. The third-order valence-electron chi connectivity index (χ3n) is 5.02. The lowest BCUT2D eigenvalue weighted by Gasteiger charge is -2.12. The Hall–Kier alpha value is -4.39. The van der Waals surface area contributed by atoms with Gasteiger partial charge in [-0.3, -0.25) is 19.2 Å². The van der Waals surface area contributed by atoms with Gasteiger partial charge in [-0.1, -0.05) is 42.5 Å². The number of halogens is 1. The van der Waals surface area contributed by atoms with Crippen molar-refractivity contribution in [3.05, 3.63) is 117 Å². The Morgan fingerprint density at radius 2 is 1.62 bits per heavy atom. The molecule has 0 saturated carbocycles. The average molecular weight is 428 g/mol. The van der Waals surface area contributed by atoms with Gasteiger partial charge in [0.2, 0.25) is 0 Å². The second kappa shape index (κ2) is 8.77. The Bertz CT molecular complexity index is 1390. The summed E-state index contributed by atoms with van der Waals surface area (Å²) in [6, 6.07) is 19.7. The van der Waals surface area contributed by atoms with Crippen molar-refractivity contribution in [2.75, 3.05) is 0 Å². The summed E-state index contributed by atoms with van der Waals surface area (Å²) in [6.45, 7) is 0.0898. The fourth-order valence-electron chi connectivity index (χ4n) is 3.34. The van der Waals surface area contributed by atoms with E-state index in [-0.39, 0.29) is 17.7 Å². The minimum Gasteiger partial charge on any atom is -0.348 e. The molecule has 1 amide bonds. The summed E-state index contributed by atoms with van der Waals surface area (Å²) in [5, 5.41) is 3.18. The summed E-state index contributed by atoms with van der Waals surface area (Å²) in [5.41, 5.74) is 0.664. The number of carbonyl (C=O) groups excluding carboxylic acids is 3. The largest absolute Gasteiger partial charge is 0.348 e. The van der Waals surface area contributed by atoms with Gasteiger partial charge in [0.15, 0.2) is 0 Å². The topological polar surface area (TPSA) is 85.2 Å². The smallest absolute Gasteiger partial charge is 0.270 e. The van der Waals surface area contributed by atoms with Gasteiger partial charge in [0, 0.05) is 17.7 Å². The van der Waals surface area contributed by atoms with Gasteiger partial charge in [-0.15, -0.1) is 0 Å². The first-order valence-corrected chi connectivity index (χ1v) is 9.75. The molecule has 0 bridgehead atoms. The van der Waals surface area contributed by atoms with Crippen molar-refractivity contribution in [1.29, 1.82) is 0 Å². The molecule has 0 aliphatic rings. The number of rotatable bonds is 5. The van der Waals surface area contributed by atoms with E-state index in [4.69, 9.17) is 0 Å². The molecule has 0 saturated heterocycles. The molecule has 3 aromatic carbocycles. The van der Waals surface area contributed by atoms with E-state index in [1.165, 1.54) is 54.6 Å². The first-order valence-electron chi connectivity index (χ1n) is 9.75. The molecule has 4 aromatic rings. The molecule has 1 N–H and O–H groups in total. The highest BCUT2D eigenvalue weighted by molar-refractivity contribution is 6.04. The molecular weight excluding hydrogens is 411 g/mol. The number of aromatic nitrogens is 1. The van der Waals surface area contributed by atoms with Gasteiger partial charge >= 0.3 is 0 Å². The minimum absolute atomic E-state index is 0.0898. The van der Waals surface area contributed by atoms with E-state index in [1.54, 1.807) is 24.3 Å². The van der Waals surface area contributed by atoms with Gasteiger partial charge in [-0.25, -0.2) is 8.96 Å². The number of pyridine rings is 1. The number of hydrogen-bond acceptors (Lipinski definition) is 4. The van der Waals surface area contributed by atoms with E-state index in [2.05, 4.69) is 5.32 Å². The van der Waals surface area contributed by atoms with E-state index in [0.29, 0.717) is 28.3 Å². The van der Waals surface area contributed by atoms with Gasteiger partial charge in [0.05, 0.1) is 5.52 Å². The normalized spacial score (nSPS) is 10.7. The number of fused-ring (bicyclic) bond motifs is 1. The lowest BCUT2D eigenvalue weighted by molar-refractivity contribution is 0.0946. The molecule has 4 rings (SSSR count). The van der Waals surface area contributed by atoms with Crippen LogP contribution < -0.4 is 10.9 Å². The lowest BCUT2D eigenvalue weighted by atomic mass is 10.1. The van der Waals surface area contributed by atoms with Crippen LogP contribution in [0, 0.1) is 5.82 Å². The quantitative estimate of drug-likeness (QED) is 0.493. The maximum absolute atomic E-state index is 13.2. The van der Waals surface area contributed by atoms with Crippen LogP contribution in [0.2, 0.25) is 0 Å². The van der Waals surface area contributed by atoms with Crippen LogP contribution in [-0.4, -0.2) is 22.7 Å². The van der Waals surface area contributed by atoms with Crippen LogP contribution in [0.5, 0.6) is 0 Å². The van der Waals surface area contributed by atoms with Crippen molar-refractivity contribution in [3.63, 3.8) is 0 Å². The van der Waals surface area contributed by atoms with Crippen LogP contribution in [0.1, 0.15) is 36.6 Å². The molecule has 32 heavy (non-hydrogen) atoms. The van der Waals surface area contributed by atoms with Gasteiger partial charge < -0.3 is 5.32 Å². The zero-order chi connectivity index (χ0) is 22.7. The highest BCUT2D eigenvalue weighted by Crippen LogP contribution is 2.16. The predicted octanol–water partition coefficient (Wildman–Crippen LogP) is 3.57. The second-order valence-electron chi connectivity index (χ2n) is 7.11. The molecule has 7 heteroatoms. The molecule has 0 aliphatic heterocycles. The van der Waals surface area contributed by atoms with Crippen LogP contribution in [-0.2, 0) is 6.54 Å². The fourth-order valence-corrected chi connectivity index (χ4v) is 3.34. The van der Waals surface area contributed by atoms with Gasteiger partial charge in [-0.05, 0) is 47.3 Å². The Morgan fingerprint density at radius 3 is 2.31 bits per heavy atom. The molecule has 0 fully saturated rings. The van der Waals surface area contributed by atoms with Crippen molar-refractivity contribution in [1.82, 2.24) is 9.88 Å². The summed E-state index contributed by atoms with van der Waals surface area (Å²) < 4.78 is 14.0. The van der Waals surface area contributed by atoms with Crippen molar-refractivity contribution >= 4 is 29.0 Å². The van der Waals surface area contributed by atoms with Gasteiger partial charge in [-0.2, -0.15) is 0 Å². The standard InChI is InChI=1S/C25H17FN2O4/c26-20-11-7-16(8-12-20)14-27-23(30)21-13-19-3-1-2-4-22(19)28(25(21)32)24(31)18-9-5-17(15-29)6-10-18/h1-13,15H,14H2,(H,27,30). The molecule has 0 radical (unpaired) electrons. The van der Waals surface area contributed by atoms with Gasteiger partial charge in [0.25, 0.3) is 17.4 Å². The molecule has 158 valence electrons. The molecule has 0 atom stereocenters. The SMILES string of the molecule is O=Cc1ccc(C(=O)n2c(=O)c(C(=O)NCc3ccc(F)cc3)cc3ccccc32)cc1. The lowest BCUT2D eigenvalue weighted by Crippen LogP contribution is -2.35. The second-order valence-corrected chi connectivity index (χ2v) is 7.11. The number of amides is 1. The zero-order valence-corrected chi connectivity index (χ0v) is 16.7. The van der Waals surface area contributed by atoms with Crippen LogP contribution >= 0.6 is 0 Å². The third kappa shape index (κ3) is 4.09. The van der Waals surface area contributed by atoms with Crippen LogP contribution in [0.4, 0.5) is 4.39 Å².